The van der Waals surface area contributed by atoms with Crippen molar-refractivity contribution >= 4 is 12.0 Å². The van der Waals surface area contributed by atoms with Gasteiger partial charge in [0.1, 0.15) is 17.4 Å². The van der Waals surface area contributed by atoms with Crippen LogP contribution in [0.5, 0.6) is 0 Å². The van der Waals surface area contributed by atoms with Crippen LogP contribution in [0.4, 0.5) is 4.79 Å². The van der Waals surface area contributed by atoms with Crippen LogP contribution in [0.3, 0.4) is 0 Å². The number of amides is 2. The molecule has 1 aromatic rings. The number of nitrogens with zero attached hydrogens (tertiary/aromatic N) is 1. The average Bonchev–Trinajstić information content (AvgIpc) is 2.95. The predicted octanol–water partition coefficient (Wildman–Crippen LogP) is -0.118. The molecule has 8 heteroatoms. The molecule has 0 radical (unpaired) electrons. The zero-order valence-electron chi connectivity index (χ0n) is 10.4. The smallest absolute Gasteiger partial charge is 0.315 e. The standard InChI is InChI=1S/C11H15N3O5/c1-6-2-7(14-19-6)3-12-11(17)13-9-5-18-4-8(9)10(15)16/h2,8-9H,3-5H2,1H3,(H,15,16)(H2,12,13,17). The number of nitrogens with one attached hydrogen (secondary N) is 2. The molecule has 0 saturated carbocycles. The quantitative estimate of drug-likeness (QED) is 0.702. The molecule has 1 aliphatic rings. The number of carbonyl (C=O) groups excluding carboxylic acids is 1. The van der Waals surface area contributed by atoms with Gasteiger partial charge >= 0.3 is 12.0 Å². The van der Waals surface area contributed by atoms with E-state index in [0.717, 1.165) is 0 Å². The van der Waals surface area contributed by atoms with Crippen LogP contribution >= 0.6 is 0 Å². The lowest BCUT2D eigenvalue weighted by molar-refractivity contribution is -0.142. The molecule has 19 heavy (non-hydrogen) atoms. The van der Waals surface area contributed by atoms with Gasteiger partial charge in [-0.2, -0.15) is 0 Å². The summed E-state index contributed by atoms with van der Waals surface area (Å²) >= 11 is 0. The van der Waals surface area contributed by atoms with Crippen molar-refractivity contribution in [2.45, 2.75) is 19.5 Å². The van der Waals surface area contributed by atoms with E-state index in [1.54, 1.807) is 13.0 Å². The molecule has 104 valence electrons. The van der Waals surface area contributed by atoms with Crippen LogP contribution in [0.1, 0.15) is 11.5 Å². The Labute approximate surface area is 109 Å². The number of aromatic nitrogens is 1. The molecule has 8 nitrogen and oxygen atoms in total. The Morgan fingerprint density at radius 1 is 1.53 bits per heavy atom. The van der Waals surface area contributed by atoms with Crippen molar-refractivity contribution in [1.82, 2.24) is 15.8 Å². The van der Waals surface area contributed by atoms with E-state index >= 15 is 0 Å². The van der Waals surface area contributed by atoms with E-state index in [9.17, 15) is 9.59 Å². The highest BCUT2D eigenvalue weighted by Crippen LogP contribution is 2.13. The first-order valence-corrected chi connectivity index (χ1v) is 5.83. The number of hydrogen-bond donors (Lipinski definition) is 3. The van der Waals surface area contributed by atoms with Gasteiger partial charge in [0.2, 0.25) is 0 Å². The van der Waals surface area contributed by atoms with Crippen molar-refractivity contribution in [3.05, 3.63) is 17.5 Å². The molecule has 0 aromatic carbocycles. The third-order valence-corrected chi connectivity index (χ3v) is 2.82. The van der Waals surface area contributed by atoms with E-state index in [1.807, 2.05) is 0 Å². The Hall–Kier alpha value is -2.09. The molecule has 2 rings (SSSR count). The molecular formula is C11H15N3O5. The highest BCUT2D eigenvalue weighted by atomic mass is 16.5. The molecular weight excluding hydrogens is 254 g/mol. The number of carboxylic acids is 1. The number of rotatable bonds is 4. The van der Waals surface area contributed by atoms with Crippen LogP contribution in [0, 0.1) is 12.8 Å². The number of aliphatic carboxylic acids is 1. The first-order valence-electron chi connectivity index (χ1n) is 5.83. The van der Waals surface area contributed by atoms with Gasteiger partial charge in [0, 0.05) is 6.07 Å². The molecule has 1 aliphatic heterocycles. The summed E-state index contributed by atoms with van der Waals surface area (Å²) in [5, 5.41) is 17.8. The van der Waals surface area contributed by atoms with Crippen LogP contribution in [-0.2, 0) is 16.1 Å². The molecule has 2 amide bonds. The lowest BCUT2D eigenvalue weighted by atomic mass is 10.0. The molecule has 2 atom stereocenters. The normalized spacial score (nSPS) is 22.2. The lowest BCUT2D eigenvalue weighted by Crippen LogP contribution is -2.47. The van der Waals surface area contributed by atoms with Crippen LogP contribution < -0.4 is 10.6 Å². The van der Waals surface area contributed by atoms with Gasteiger partial charge in [0.05, 0.1) is 25.8 Å². The van der Waals surface area contributed by atoms with Crippen LogP contribution in [0.2, 0.25) is 0 Å². The molecule has 1 saturated heterocycles. The minimum Gasteiger partial charge on any atom is -0.481 e. The predicted molar refractivity (Wildman–Crippen MR) is 62.3 cm³/mol. The molecule has 2 unspecified atom stereocenters. The summed E-state index contributed by atoms with van der Waals surface area (Å²) in [6.45, 7) is 2.29. The average molecular weight is 269 g/mol. The maximum Gasteiger partial charge on any atom is 0.315 e. The first kappa shape index (κ1) is 13.3. The van der Waals surface area contributed by atoms with Crippen LogP contribution in [0.25, 0.3) is 0 Å². The van der Waals surface area contributed by atoms with Crippen molar-refractivity contribution < 1.29 is 24.0 Å². The zero-order chi connectivity index (χ0) is 13.8. The monoisotopic (exact) mass is 269 g/mol. The van der Waals surface area contributed by atoms with Gasteiger partial charge in [-0.3, -0.25) is 4.79 Å². The van der Waals surface area contributed by atoms with Gasteiger partial charge in [-0.1, -0.05) is 5.16 Å². The minimum atomic E-state index is -0.977. The molecule has 1 aromatic heterocycles. The number of carboxylic acid groups (broad SMARTS) is 1. The second-order valence-electron chi connectivity index (χ2n) is 4.34. The van der Waals surface area contributed by atoms with Crippen LogP contribution in [-0.4, -0.2) is 41.5 Å². The van der Waals surface area contributed by atoms with Crippen molar-refractivity contribution in [1.29, 1.82) is 0 Å². The van der Waals surface area contributed by atoms with E-state index in [1.165, 1.54) is 0 Å². The molecule has 0 aliphatic carbocycles. The third-order valence-electron chi connectivity index (χ3n) is 2.82. The summed E-state index contributed by atoms with van der Waals surface area (Å²) in [6.07, 6.45) is 0. The Bertz CT molecular complexity index is 473. The largest absolute Gasteiger partial charge is 0.481 e. The van der Waals surface area contributed by atoms with Gasteiger partial charge in [0.25, 0.3) is 0 Å². The maximum absolute atomic E-state index is 11.6. The van der Waals surface area contributed by atoms with Gasteiger partial charge in [-0.25, -0.2) is 4.79 Å². The zero-order valence-corrected chi connectivity index (χ0v) is 10.4. The van der Waals surface area contributed by atoms with Gasteiger partial charge in [-0.05, 0) is 6.92 Å². The second kappa shape index (κ2) is 5.70. The Morgan fingerprint density at radius 2 is 2.32 bits per heavy atom. The Balaban J connectivity index is 1.79. The van der Waals surface area contributed by atoms with E-state index in [2.05, 4.69) is 15.8 Å². The highest BCUT2D eigenvalue weighted by Gasteiger charge is 2.34. The summed E-state index contributed by atoms with van der Waals surface area (Å²) in [7, 11) is 0. The van der Waals surface area contributed by atoms with E-state index in [0.29, 0.717) is 11.5 Å². The molecule has 1 fully saturated rings. The number of ether oxygens (including phenoxy) is 1. The topological polar surface area (TPSA) is 114 Å². The summed E-state index contributed by atoms with van der Waals surface area (Å²) in [5.41, 5.74) is 0.602. The highest BCUT2D eigenvalue weighted by molar-refractivity contribution is 5.77. The number of hydrogen-bond acceptors (Lipinski definition) is 5. The maximum atomic E-state index is 11.6. The van der Waals surface area contributed by atoms with Gasteiger partial charge in [0.15, 0.2) is 0 Å². The van der Waals surface area contributed by atoms with Crippen molar-refractivity contribution in [2.24, 2.45) is 5.92 Å². The van der Waals surface area contributed by atoms with Crippen molar-refractivity contribution in [3.8, 4) is 0 Å². The summed E-state index contributed by atoms with van der Waals surface area (Å²) in [6, 6.07) is 0.734. The van der Waals surface area contributed by atoms with E-state index in [-0.39, 0.29) is 19.8 Å². The summed E-state index contributed by atoms with van der Waals surface area (Å²) in [5.74, 6) is -1.03. The second-order valence-corrected chi connectivity index (χ2v) is 4.34. The van der Waals surface area contributed by atoms with Crippen LogP contribution in [0.15, 0.2) is 10.6 Å². The van der Waals surface area contributed by atoms with Crippen molar-refractivity contribution in [2.75, 3.05) is 13.2 Å². The SMILES string of the molecule is Cc1cc(CNC(=O)NC2COCC2C(=O)O)no1. The molecule has 2 heterocycles. The van der Waals surface area contributed by atoms with Gasteiger partial charge < -0.3 is 25.0 Å². The lowest BCUT2D eigenvalue weighted by Gasteiger charge is -2.15. The minimum absolute atomic E-state index is 0.114. The molecule has 0 bridgehead atoms. The number of urea groups is 1. The fraction of sp³-hybridized carbons (Fsp3) is 0.545. The Kier molecular flexibility index (Phi) is 4.00. The third kappa shape index (κ3) is 3.44. The summed E-state index contributed by atoms with van der Waals surface area (Å²) < 4.78 is 9.91. The molecule has 3 N–H and O–H groups in total. The van der Waals surface area contributed by atoms with E-state index in [4.69, 9.17) is 14.4 Å². The van der Waals surface area contributed by atoms with E-state index < -0.39 is 24.0 Å². The molecule has 0 spiro atoms. The van der Waals surface area contributed by atoms with Gasteiger partial charge in [-0.15, -0.1) is 0 Å². The Morgan fingerprint density at radius 3 is 2.95 bits per heavy atom. The summed E-state index contributed by atoms with van der Waals surface area (Å²) in [4.78, 5) is 22.5. The first-order chi connectivity index (χ1) is 9.06. The number of aryl methyl sites for hydroxylation is 1. The number of carbonyl (C=O) groups is 2. The fourth-order valence-corrected chi connectivity index (χ4v) is 1.83. The van der Waals surface area contributed by atoms with Crippen molar-refractivity contribution in [3.63, 3.8) is 0 Å². The fourth-order valence-electron chi connectivity index (χ4n) is 1.83.